The Labute approximate surface area is 219 Å². The van der Waals surface area contributed by atoms with Gasteiger partial charge in [-0.3, -0.25) is 9.59 Å². The Balaban J connectivity index is 1.67. The highest BCUT2D eigenvalue weighted by molar-refractivity contribution is 6.03. The van der Waals surface area contributed by atoms with Gasteiger partial charge in [0.15, 0.2) is 23.0 Å². The fraction of sp³-hybridized carbons (Fsp3) is 0.241. The van der Waals surface area contributed by atoms with Crippen LogP contribution in [0, 0.1) is 5.92 Å². The van der Waals surface area contributed by atoms with E-state index in [2.05, 4.69) is 5.32 Å². The van der Waals surface area contributed by atoms with Crippen LogP contribution in [0.4, 0.5) is 5.69 Å². The summed E-state index contributed by atoms with van der Waals surface area (Å²) in [6.45, 7) is 0.0959. The number of ether oxygens (including phenoxy) is 6. The van der Waals surface area contributed by atoms with Gasteiger partial charge >= 0.3 is 0 Å². The lowest BCUT2D eigenvalue weighted by Gasteiger charge is -2.33. The van der Waals surface area contributed by atoms with Crippen LogP contribution in [0.25, 0.3) is 6.08 Å². The van der Waals surface area contributed by atoms with E-state index in [1.54, 1.807) is 49.6 Å². The summed E-state index contributed by atoms with van der Waals surface area (Å²) in [6, 6.07) is 14.2. The van der Waals surface area contributed by atoms with Crippen molar-refractivity contribution in [2.75, 3.05) is 40.5 Å². The second kappa shape index (κ2) is 10.4. The lowest BCUT2D eigenvalue weighted by molar-refractivity contribution is -0.120. The van der Waals surface area contributed by atoms with Crippen molar-refractivity contribution in [3.63, 3.8) is 0 Å². The molecule has 1 aliphatic heterocycles. The summed E-state index contributed by atoms with van der Waals surface area (Å²) >= 11 is 0. The average Bonchev–Trinajstić information content (AvgIpc) is 3.41. The fourth-order valence-corrected chi connectivity index (χ4v) is 4.97. The molecule has 0 saturated carbocycles. The van der Waals surface area contributed by atoms with E-state index >= 15 is 0 Å². The summed E-state index contributed by atoms with van der Waals surface area (Å²) in [5.41, 5.74) is 3.14. The molecule has 2 atom stereocenters. The van der Waals surface area contributed by atoms with Crippen LogP contribution in [-0.2, 0) is 9.59 Å². The second-order valence-corrected chi connectivity index (χ2v) is 8.73. The molecule has 38 heavy (non-hydrogen) atoms. The van der Waals surface area contributed by atoms with E-state index in [4.69, 9.17) is 28.4 Å². The highest BCUT2D eigenvalue weighted by Crippen LogP contribution is 2.50. The van der Waals surface area contributed by atoms with Crippen molar-refractivity contribution in [3.8, 4) is 34.5 Å². The number of rotatable bonds is 8. The number of hydrogen-bond acceptors (Lipinski definition) is 8. The molecule has 3 aromatic rings. The smallest absolute Gasteiger partial charge is 0.233 e. The zero-order chi connectivity index (χ0) is 26.8. The van der Waals surface area contributed by atoms with Gasteiger partial charge in [-0.25, -0.2) is 0 Å². The Kier molecular flexibility index (Phi) is 6.83. The summed E-state index contributed by atoms with van der Waals surface area (Å²) in [4.78, 5) is 26.3. The van der Waals surface area contributed by atoms with Gasteiger partial charge < -0.3 is 33.7 Å². The molecule has 9 heteroatoms. The SMILES string of the molecule is COc1ccc(NC(=O)[C@@H]2C(C=O)=Cc3cc4c(cc3[C@H]2c2cc(OC)c(OC)c(OC)c2)OCO4)cc1. The number of hydrogen-bond donors (Lipinski definition) is 1. The number of carbonyl (C=O) groups is 2. The van der Waals surface area contributed by atoms with Crippen molar-refractivity contribution in [1.29, 1.82) is 0 Å². The lowest BCUT2D eigenvalue weighted by Crippen LogP contribution is -2.33. The number of fused-ring (bicyclic) bond motifs is 2. The van der Waals surface area contributed by atoms with Gasteiger partial charge in [-0.05, 0) is 71.3 Å². The van der Waals surface area contributed by atoms with Crippen LogP contribution in [-0.4, -0.2) is 47.4 Å². The average molecular weight is 518 g/mol. The quantitative estimate of drug-likeness (QED) is 0.438. The Bertz CT molecular complexity index is 1390. The van der Waals surface area contributed by atoms with Gasteiger partial charge in [0.25, 0.3) is 0 Å². The highest BCUT2D eigenvalue weighted by Gasteiger charge is 2.40. The first-order valence-corrected chi connectivity index (χ1v) is 11.9. The molecule has 0 radical (unpaired) electrons. The third kappa shape index (κ3) is 4.36. The number of aldehydes is 1. The van der Waals surface area contributed by atoms with Gasteiger partial charge in [0, 0.05) is 17.2 Å². The molecular formula is C29H27NO8. The van der Waals surface area contributed by atoms with Crippen molar-refractivity contribution in [3.05, 3.63) is 70.8 Å². The third-order valence-corrected chi connectivity index (χ3v) is 6.75. The van der Waals surface area contributed by atoms with Crippen molar-refractivity contribution < 1.29 is 38.0 Å². The van der Waals surface area contributed by atoms with E-state index < -0.39 is 11.8 Å². The van der Waals surface area contributed by atoms with Crippen molar-refractivity contribution in [1.82, 2.24) is 0 Å². The topological polar surface area (TPSA) is 102 Å². The van der Waals surface area contributed by atoms with Crippen LogP contribution >= 0.6 is 0 Å². The molecule has 1 amide bonds. The number of carbonyl (C=O) groups excluding carboxylic acids is 2. The molecule has 0 bridgehead atoms. The zero-order valence-corrected chi connectivity index (χ0v) is 21.4. The molecule has 0 saturated heterocycles. The Hall–Kier alpha value is -4.66. The van der Waals surface area contributed by atoms with Gasteiger partial charge in [0.05, 0.1) is 34.4 Å². The minimum atomic E-state index is -0.870. The largest absolute Gasteiger partial charge is 0.497 e. The maximum atomic E-state index is 13.9. The number of anilines is 1. The first kappa shape index (κ1) is 25.0. The minimum absolute atomic E-state index is 0.0959. The monoisotopic (exact) mass is 517 g/mol. The van der Waals surface area contributed by atoms with Crippen LogP contribution in [0.5, 0.6) is 34.5 Å². The molecule has 0 unspecified atom stereocenters. The molecule has 1 heterocycles. The van der Waals surface area contributed by atoms with E-state index in [9.17, 15) is 9.59 Å². The zero-order valence-electron chi connectivity index (χ0n) is 21.4. The van der Waals surface area contributed by atoms with Gasteiger partial charge in [0.1, 0.15) is 12.0 Å². The third-order valence-electron chi connectivity index (χ3n) is 6.75. The molecule has 196 valence electrons. The van der Waals surface area contributed by atoms with Crippen LogP contribution in [0.15, 0.2) is 54.1 Å². The number of methoxy groups -OCH3 is 4. The number of amides is 1. The summed E-state index contributed by atoms with van der Waals surface area (Å²) in [6.07, 6.45) is 2.44. The maximum Gasteiger partial charge on any atom is 0.233 e. The standard InChI is InChI=1S/C29H27NO8/c1-33-20-7-5-19(6-8-20)30-29(32)27-18(14-31)9-16-10-22-23(38-15-37-22)13-21(16)26(27)17-11-24(34-2)28(36-4)25(12-17)35-3/h5-14,26-27H,15H2,1-4H3,(H,30,32)/t26-,27-/m1/s1. The van der Waals surface area contributed by atoms with Crippen molar-refractivity contribution in [2.24, 2.45) is 5.92 Å². The van der Waals surface area contributed by atoms with Crippen LogP contribution < -0.4 is 33.7 Å². The van der Waals surface area contributed by atoms with Crippen molar-refractivity contribution >= 4 is 24.0 Å². The van der Waals surface area contributed by atoms with E-state index in [0.29, 0.717) is 51.3 Å². The summed E-state index contributed by atoms with van der Waals surface area (Å²) < 4.78 is 33.1. The number of benzene rings is 3. The lowest BCUT2D eigenvalue weighted by atomic mass is 9.71. The van der Waals surface area contributed by atoms with Crippen LogP contribution in [0.1, 0.15) is 22.6 Å². The van der Waals surface area contributed by atoms with Gasteiger partial charge in [-0.1, -0.05) is 0 Å². The van der Waals surface area contributed by atoms with Gasteiger partial charge in [-0.15, -0.1) is 0 Å². The summed E-state index contributed by atoms with van der Waals surface area (Å²) in [5.74, 6) is 1.28. The molecule has 2 aliphatic rings. The maximum absolute atomic E-state index is 13.9. The molecular weight excluding hydrogens is 490 g/mol. The molecule has 9 nitrogen and oxygen atoms in total. The van der Waals surface area contributed by atoms with Crippen molar-refractivity contribution in [2.45, 2.75) is 5.92 Å². The normalized spacial score (nSPS) is 17.1. The summed E-state index contributed by atoms with van der Waals surface area (Å²) in [7, 11) is 6.15. The molecule has 1 N–H and O–H groups in total. The molecule has 1 aliphatic carbocycles. The molecule has 3 aromatic carbocycles. The van der Waals surface area contributed by atoms with Crippen LogP contribution in [0.2, 0.25) is 0 Å². The molecule has 0 aromatic heterocycles. The summed E-state index contributed by atoms with van der Waals surface area (Å²) in [5, 5.41) is 2.95. The molecule has 5 rings (SSSR count). The molecule has 0 fully saturated rings. The van der Waals surface area contributed by atoms with Gasteiger partial charge in [0.2, 0.25) is 18.4 Å². The Morgan fingerprint density at radius 3 is 2.13 bits per heavy atom. The fourth-order valence-electron chi connectivity index (χ4n) is 4.97. The van der Waals surface area contributed by atoms with Crippen LogP contribution in [0.3, 0.4) is 0 Å². The predicted octanol–water partition coefficient (Wildman–Crippen LogP) is 4.43. The Morgan fingerprint density at radius 1 is 0.895 bits per heavy atom. The number of nitrogens with one attached hydrogen (secondary N) is 1. The van der Waals surface area contributed by atoms with Gasteiger partial charge in [-0.2, -0.15) is 0 Å². The molecule has 0 spiro atoms. The van der Waals surface area contributed by atoms with E-state index in [-0.39, 0.29) is 12.7 Å². The van der Waals surface area contributed by atoms with E-state index in [1.807, 2.05) is 12.1 Å². The van der Waals surface area contributed by atoms with E-state index in [0.717, 1.165) is 17.4 Å². The highest BCUT2D eigenvalue weighted by atomic mass is 16.7. The van der Waals surface area contributed by atoms with E-state index in [1.165, 1.54) is 21.3 Å². The second-order valence-electron chi connectivity index (χ2n) is 8.73. The minimum Gasteiger partial charge on any atom is -0.497 e. The first-order valence-electron chi connectivity index (χ1n) is 11.9. The first-order chi connectivity index (χ1) is 18.5. The Morgan fingerprint density at radius 2 is 1.55 bits per heavy atom. The predicted molar refractivity (Wildman–Crippen MR) is 140 cm³/mol.